The first-order valence-corrected chi connectivity index (χ1v) is 5.54. The Hall–Kier alpha value is -2.79. The van der Waals surface area contributed by atoms with Gasteiger partial charge < -0.3 is 20.6 Å². The van der Waals surface area contributed by atoms with Crippen molar-refractivity contribution in [2.75, 3.05) is 6.61 Å². The van der Waals surface area contributed by atoms with Crippen molar-refractivity contribution in [1.82, 2.24) is 4.98 Å². The molecule has 20 heavy (non-hydrogen) atoms. The highest BCUT2D eigenvalue weighted by molar-refractivity contribution is 5.86. The Morgan fingerprint density at radius 3 is 2.85 bits per heavy atom. The second-order valence-corrected chi connectivity index (χ2v) is 4.01. The van der Waals surface area contributed by atoms with Gasteiger partial charge in [-0.25, -0.2) is 0 Å². The van der Waals surface area contributed by atoms with Crippen molar-refractivity contribution in [2.45, 2.75) is 6.92 Å². The van der Waals surface area contributed by atoms with Gasteiger partial charge in [0.05, 0.1) is 6.07 Å². The normalized spacial score (nSPS) is 11.2. The molecule has 0 radical (unpaired) electrons. The molecule has 0 bridgehead atoms. The van der Waals surface area contributed by atoms with Crippen molar-refractivity contribution in [2.24, 2.45) is 5.92 Å². The number of quaternary nitrogens is 1. The summed E-state index contributed by atoms with van der Waals surface area (Å²) in [5.41, 5.74) is 4.03. The lowest BCUT2D eigenvalue weighted by atomic mass is 10.0. The molecular formula is C12H13N4O4+. The lowest BCUT2D eigenvalue weighted by Crippen LogP contribution is -2.51. The molecule has 1 aromatic rings. The molecule has 8 heteroatoms. The van der Waals surface area contributed by atoms with Crippen LogP contribution in [0, 0.1) is 34.3 Å². The summed E-state index contributed by atoms with van der Waals surface area (Å²) in [6.07, 6.45) is 0. The molecule has 1 atom stereocenters. The molecule has 0 fully saturated rings. The number of allylic oxidation sites excluding steroid dienone is 1. The van der Waals surface area contributed by atoms with Crippen molar-refractivity contribution >= 4 is 11.6 Å². The fourth-order valence-corrected chi connectivity index (χ4v) is 1.40. The number of hydrogen-bond acceptors (Lipinski definition) is 6. The highest BCUT2D eigenvalue weighted by Gasteiger charge is 2.24. The zero-order valence-electron chi connectivity index (χ0n) is 10.8. The Labute approximate surface area is 114 Å². The molecule has 8 nitrogen and oxygen atoms in total. The van der Waals surface area contributed by atoms with Gasteiger partial charge in [0.1, 0.15) is 18.0 Å². The molecule has 0 aliphatic rings. The Kier molecular flexibility index (Phi) is 4.88. The summed E-state index contributed by atoms with van der Waals surface area (Å²) in [5, 5.41) is 19.6. The van der Waals surface area contributed by atoms with E-state index < -0.39 is 29.0 Å². The number of carbonyl (C=O) groups excluding carboxylic acids is 1. The third kappa shape index (κ3) is 3.60. The van der Waals surface area contributed by atoms with Crippen molar-refractivity contribution in [3.63, 3.8) is 0 Å². The van der Waals surface area contributed by atoms with Gasteiger partial charge in [-0.05, 0) is 28.6 Å². The number of nitriles is 1. The van der Waals surface area contributed by atoms with Crippen LogP contribution in [0.4, 0.5) is 5.82 Å². The van der Waals surface area contributed by atoms with Gasteiger partial charge in [-0.1, -0.05) is 0 Å². The van der Waals surface area contributed by atoms with Gasteiger partial charge in [-0.3, -0.25) is 4.79 Å². The Balaban J connectivity index is 2.86. The van der Waals surface area contributed by atoms with Gasteiger partial charge in [0.2, 0.25) is 5.75 Å². The predicted octanol–water partition coefficient (Wildman–Crippen LogP) is 0.141. The van der Waals surface area contributed by atoms with E-state index in [0.29, 0.717) is 5.69 Å². The Morgan fingerprint density at radius 2 is 2.35 bits per heavy atom. The predicted molar refractivity (Wildman–Crippen MR) is 67.3 cm³/mol. The maximum absolute atomic E-state index is 11.7. The van der Waals surface area contributed by atoms with E-state index in [1.165, 1.54) is 12.1 Å². The summed E-state index contributed by atoms with van der Waals surface area (Å²) < 4.78 is 5.07. The quantitative estimate of drug-likeness (QED) is 0.580. The minimum absolute atomic E-state index is 0.125. The van der Waals surface area contributed by atoms with Crippen molar-refractivity contribution in [3.8, 4) is 11.8 Å². The van der Waals surface area contributed by atoms with E-state index in [2.05, 4.69) is 17.3 Å². The van der Waals surface area contributed by atoms with E-state index in [1.54, 1.807) is 13.0 Å². The largest absolute Gasteiger partial charge is 0.478 e. The first-order valence-electron chi connectivity index (χ1n) is 5.54. The maximum Gasteiger partial charge on any atom is 0.406 e. The van der Waals surface area contributed by atoms with Crippen LogP contribution in [0.5, 0.6) is 5.75 Å². The van der Waals surface area contributed by atoms with Crippen LogP contribution >= 0.6 is 0 Å². The number of rotatable bonds is 6. The van der Waals surface area contributed by atoms with Crippen LogP contribution in [0.2, 0.25) is 0 Å². The number of carbonyl (C=O) groups is 1. The molecule has 0 aliphatic heterocycles. The summed E-state index contributed by atoms with van der Waals surface area (Å²) in [4.78, 5) is 25.5. The summed E-state index contributed by atoms with van der Waals surface area (Å²) in [5.74, 6) is -2.25. The second kappa shape index (κ2) is 6.40. The maximum atomic E-state index is 11.7. The number of ketones is 1. The molecule has 0 aliphatic carbocycles. The Bertz CT molecular complexity index is 606. The average Bonchev–Trinajstić information content (AvgIpc) is 2.37. The smallest absolute Gasteiger partial charge is 0.406 e. The van der Waals surface area contributed by atoms with Crippen LogP contribution in [-0.4, -0.2) is 22.3 Å². The molecule has 1 aromatic heterocycles. The highest BCUT2D eigenvalue weighted by Crippen LogP contribution is 2.24. The van der Waals surface area contributed by atoms with Gasteiger partial charge in [0.25, 0.3) is 0 Å². The van der Waals surface area contributed by atoms with Crippen LogP contribution in [0.25, 0.3) is 0 Å². The zero-order chi connectivity index (χ0) is 15.3. The standard InChI is InChI=1S/C12H12N4O4/c1-7-3-4-11(12(15-7)16(18)19)20-6-10(17)9(5-13)8(2)14/h3-4,9H,2,6,14H2,1H3/p+1/t9-/m1/s1. The number of aryl methyl sites for hydroxylation is 1. The Morgan fingerprint density at radius 1 is 1.70 bits per heavy atom. The highest BCUT2D eigenvalue weighted by atomic mass is 16.6. The molecule has 0 amide bonds. The van der Waals surface area contributed by atoms with Crippen molar-refractivity contribution < 1.29 is 20.2 Å². The fourth-order valence-electron chi connectivity index (χ4n) is 1.40. The lowest BCUT2D eigenvalue weighted by molar-refractivity contribution is -0.390. The van der Waals surface area contributed by atoms with Crippen LogP contribution in [0.3, 0.4) is 0 Å². The fraction of sp³-hybridized carbons (Fsp3) is 0.250. The number of hydrogen-bond donors (Lipinski definition) is 1. The first kappa shape index (κ1) is 15.3. The van der Waals surface area contributed by atoms with E-state index in [9.17, 15) is 14.9 Å². The van der Waals surface area contributed by atoms with Gasteiger partial charge in [0, 0.05) is 6.92 Å². The lowest BCUT2D eigenvalue weighted by Gasteiger charge is -2.07. The minimum atomic E-state index is -1.09. The monoisotopic (exact) mass is 277 g/mol. The van der Waals surface area contributed by atoms with E-state index in [-0.39, 0.29) is 11.4 Å². The van der Waals surface area contributed by atoms with Crippen LogP contribution in [0.1, 0.15) is 5.69 Å². The van der Waals surface area contributed by atoms with Crippen molar-refractivity contribution in [3.05, 3.63) is 40.2 Å². The SMILES string of the molecule is C=C([NH3+])[C@@H](C#N)C(=O)COc1ccc(C)nc1[N+](=O)[O-]. The number of pyridine rings is 1. The summed E-state index contributed by atoms with van der Waals surface area (Å²) in [6.45, 7) is 4.54. The van der Waals surface area contributed by atoms with Crippen molar-refractivity contribution in [1.29, 1.82) is 5.26 Å². The number of aromatic nitrogens is 1. The summed E-state index contributed by atoms with van der Waals surface area (Å²) >= 11 is 0. The van der Waals surface area contributed by atoms with Gasteiger partial charge >= 0.3 is 5.82 Å². The molecule has 0 aromatic carbocycles. The molecule has 0 saturated heterocycles. The molecule has 0 unspecified atom stereocenters. The molecular weight excluding hydrogens is 264 g/mol. The topological polar surface area (TPSA) is 134 Å². The molecule has 0 saturated carbocycles. The number of ether oxygens (including phenoxy) is 1. The number of nitrogens with zero attached hydrogens (tertiary/aromatic N) is 3. The van der Waals surface area contributed by atoms with Gasteiger partial charge in [-0.15, -0.1) is 0 Å². The summed E-state index contributed by atoms with van der Waals surface area (Å²) in [7, 11) is 0. The third-order valence-electron chi connectivity index (χ3n) is 2.38. The molecule has 104 valence electrons. The van der Waals surface area contributed by atoms with E-state index in [4.69, 9.17) is 10.00 Å². The van der Waals surface area contributed by atoms with Gasteiger partial charge in [-0.2, -0.15) is 5.26 Å². The van der Waals surface area contributed by atoms with Crippen LogP contribution in [0.15, 0.2) is 24.4 Å². The van der Waals surface area contributed by atoms with E-state index >= 15 is 0 Å². The van der Waals surface area contributed by atoms with Gasteiger partial charge in [0.15, 0.2) is 11.7 Å². The first-order chi connectivity index (χ1) is 9.36. The zero-order valence-corrected chi connectivity index (χ0v) is 10.8. The average molecular weight is 277 g/mol. The molecule has 0 spiro atoms. The molecule has 1 rings (SSSR count). The third-order valence-corrected chi connectivity index (χ3v) is 2.38. The van der Waals surface area contributed by atoms with E-state index in [1.807, 2.05) is 0 Å². The van der Waals surface area contributed by atoms with Crippen LogP contribution in [-0.2, 0) is 4.79 Å². The summed E-state index contributed by atoms with van der Waals surface area (Å²) in [6, 6.07) is 4.62. The molecule has 3 N–H and O–H groups in total. The minimum Gasteiger partial charge on any atom is -0.478 e. The number of Topliss-reactive ketones (excluding diaryl/α,β-unsaturated/α-hetero) is 1. The van der Waals surface area contributed by atoms with Crippen LogP contribution < -0.4 is 10.5 Å². The second-order valence-electron chi connectivity index (χ2n) is 4.01. The molecule has 1 heterocycles. The van der Waals surface area contributed by atoms with E-state index in [0.717, 1.165) is 0 Å². The number of nitro groups is 1.